The molecular weight excluding hydrogens is 422 g/mol. The molecule has 4 rings (SSSR count). The molecule has 6 nitrogen and oxygen atoms in total. The predicted octanol–water partition coefficient (Wildman–Crippen LogP) is 5.25. The van der Waals surface area contributed by atoms with Crippen molar-refractivity contribution in [3.63, 3.8) is 0 Å². The van der Waals surface area contributed by atoms with Gasteiger partial charge in [0.1, 0.15) is 5.82 Å². The van der Waals surface area contributed by atoms with Gasteiger partial charge in [-0.3, -0.25) is 9.78 Å². The van der Waals surface area contributed by atoms with Gasteiger partial charge >= 0.3 is 0 Å². The highest BCUT2D eigenvalue weighted by molar-refractivity contribution is 6.04. The van der Waals surface area contributed by atoms with E-state index in [9.17, 15) is 4.79 Å². The second-order valence-corrected chi connectivity index (χ2v) is 8.99. The van der Waals surface area contributed by atoms with E-state index in [1.807, 2.05) is 33.0 Å². The standard InChI is InChI=1S/C28H33N5O/c1-5-26(33(4)19(2)3)21-6-7-23-18-31-27(17-24(23)15-21)32-28(34)22-10-13-30-25(16-22)14-20-8-11-29-12-9-20/h5-7,10,13,15-18,20,29H,2,8-9,11-12,14H2,1,3-4H3,(H,31,32,34)/b26-5-. The summed E-state index contributed by atoms with van der Waals surface area (Å²) < 4.78 is 0. The molecule has 0 saturated carbocycles. The van der Waals surface area contributed by atoms with E-state index in [0.717, 1.165) is 65.8 Å². The summed E-state index contributed by atoms with van der Waals surface area (Å²) in [7, 11) is 2.01. The predicted molar refractivity (Wildman–Crippen MR) is 139 cm³/mol. The van der Waals surface area contributed by atoms with E-state index in [-0.39, 0.29) is 5.91 Å². The molecule has 0 spiro atoms. The van der Waals surface area contributed by atoms with Gasteiger partial charge in [0, 0.05) is 47.5 Å². The van der Waals surface area contributed by atoms with Crippen LogP contribution in [-0.2, 0) is 6.42 Å². The highest BCUT2D eigenvalue weighted by atomic mass is 16.1. The second kappa shape index (κ2) is 10.6. The molecule has 6 heteroatoms. The molecule has 0 bridgehead atoms. The van der Waals surface area contributed by atoms with E-state index >= 15 is 0 Å². The summed E-state index contributed by atoms with van der Waals surface area (Å²) in [6, 6.07) is 11.8. The number of aromatic nitrogens is 2. The second-order valence-electron chi connectivity index (χ2n) is 8.99. The Labute approximate surface area is 201 Å². The van der Waals surface area contributed by atoms with Gasteiger partial charge in [-0.1, -0.05) is 24.8 Å². The van der Waals surface area contributed by atoms with Crippen LogP contribution < -0.4 is 10.6 Å². The first kappa shape index (κ1) is 23.6. The summed E-state index contributed by atoms with van der Waals surface area (Å²) in [6.07, 6.45) is 8.80. The molecule has 0 radical (unpaired) electrons. The lowest BCUT2D eigenvalue weighted by atomic mass is 9.92. The van der Waals surface area contributed by atoms with E-state index in [1.165, 1.54) is 0 Å². The van der Waals surface area contributed by atoms with Crippen LogP contribution in [-0.4, -0.2) is 40.9 Å². The number of amides is 1. The fourth-order valence-electron chi connectivity index (χ4n) is 4.43. The van der Waals surface area contributed by atoms with Gasteiger partial charge in [0.2, 0.25) is 0 Å². The molecular formula is C28H33N5O. The molecule has 2 aromatic heterocycles. The summed E-state index contributed by atoms with van der Waals surface area (Å²) in [6.45, 7) is 10.2. The van der Waals surface area contributed by atoms with Crippen LogP contribution in [0.2, 0.25) is 0 Å². The highest BCUT2D eigenvalue weighted by Gasteiger charge is 2.16. The van der Waals surface area contributed by atoms with Gasteiger partial charge in [-0.25, -0.2) is 4.98 Å². The average molecular weight is 456 g/mol. The van der Waals surface area contributed by atoms with E-state index in [4.69, 9.17) is 0 Å². The topological polar surface area (TPSA) is 70.2 Å². The van der Waals surface area contributed by atoms with Gasteiger partial charge in [0.05, 0.1) is 0 Å². The average Bonchev–Trinajstić information content (AvgIpc) is 2.85. The molecule has 0 unspecified atom stereocenters. The first-order valence-electron chi connectivity index (χ1n) is 11.9. The summed E-state index contributed by atoms with van der Waals surface area (Å²) in [4.78, 5) is 24.0. The van der Waals surface area contributed by atoms with Crippen molar-refractivity contribution in [3.05, 3.63) is 84.0 Å². The van der Waals surface area contributed by atoms with Gasteiger partial charge in [0.25, 0.3) is 5.91 Å². The Balaban J connectivity index is 1.52. The van der Waals surface area contributed by atoms with Crippen LogP contribution in [0.5, 0.6) is 0 Å². The zero-order chi connectivity index (χ0) is 24.1. The number of fused-ring (bicyclic) bond motifs is 1. The fraction of sp³-hybridized carbons (Fsp3) is 0.321. The number of hydrogen-bond donors (Lipinski definition) is 2. The Morgan fingerprint density at radius 1 is 1.15 bits per heavy atom. The molecule has 1 amide bonds. The van der Waals surface area contributed by atoms with Gasteiger partial charge in [-0.2, -0.15) is 0 Å². The normalized spacial score (nSPS) is 14.7. The Morgan fingerprint density at radius 2 is 1.94 bits per heavy atom. The van der Waals surface area contributed by atoms with Gasteiger partial charge in [-0.15, -0.1) is 0 Å². The molecule has 1 aliphatic rings. The van der Waals surface area contributed by atoms with E-state index in [2.05, 4.69) is 56.4 Å². The van der Waals surface area contributed by atoms with E-state index < -0.39 is 0 Å². The summed E-state index contributed by atoms with van der Waals surface area (Å²) in [5.41, 5.74) is 4.70. The van der Waals surface area contributed by atoms with E-state index in [1.54, 1.807) is 18.5 Å². The highest BCUT2D eigenvalue weighted by Crippen LogP contribution is 2.26. The zero-order valence-corrected chi connectivity index (χ0v) is 20.3. The number of allylic oxidation sites excluding steroid dienone is 2. The van der Waals surface area contributed by atoms with Crippen molar-refractivity contribution in [3.8, 4) is 0 Å². The molecule has 3 heterocycles. The molecule has 0 aliphatic carbocycles. The third kappa shape index (κ3) is 5.51. The van der Waals surface area contributed by atoms with Crippen LogP contribution in [0.15, 0.2) is 67.1 Å². The fourth-order valence-corrected chi connectivity index (χ4v) is 4.43. The maximum atomic E-state index is 13.0. The molecule has 2 N–H and O–H groups in total. The van der Waals surface area contributed by atoms with Crippen molar-refractivity contribution >= 4 is 28.2 Å². The maximum Gasteiger partial charge on any atom is 0.256 e. The number of carbonyl (C=O) groups is 1. The lowest BCUT2D eigenvalue weighted by Crippen LogP contribution is -2.28. The molecule has 1 aliphatic heterocycles. The quantitative estimate of drug-likeness (QED) is 0.509. The Morgan fingerprint density at radius 3 is 2.68 bits per heavy atom. The number of rotatable bonds is 7. The largest absolute Gasteiger partial charge is 0.349 e. The lowest BCUT2D eigenvalue weighted by molar-refractivity contribution is 0.102. The molecule has 3 aromatic rings. The van der Waals surface area contributed by atoms with Crippen LogP contribution >= 0.6 is 0 Å². The minimum absolute atomic E-state index is 0.173. The molecule has 34 heavy (non-hydrogen) atoms. The van der Waals surface area contributed by atoms with Gasteiger partial charge in [0.15, 0.2) is 0 Å². The lowest BCUT2D eigenvalue weighted by Gasteiger charge is -2.23. The number of piperidine rings is 1. The Kier molecular flexibility index (Phi) is 7.38. The smallest absolute Gasteiger partial charge is 0.256 e. The minimum Gasteiger partial charge on any atom is -0.349 e. The molecule has 176 valence electrons. The van der Waals surface area contributed by atoms with Gasteiger partial charge in [-0.05, 0) is 87.3 Å². The summed E-state index contributed by atoms with van der Waals surface area (Å²) in [5, 5.41) is 8.38. The Bertz CT molecular complexity index is 1230. The summed E-state index contributed by atoms with van der Waals surface area (Å²) >= 11 is 0. The van der Waals surface area contributed by atoms with Crippen LogP contribution in [0.1, 0.15) is 48.3 Å². The first-order chi connectivity index (χ1) is 16.4. The third-order valence-corrected chi connectivity index (χ3v) is 6.50. The zero-order valence-electron chi connectivity index (χ0n) is 20.3. The Hall–Kier alpha value is -3.51. The van der Waals surface area contributed by atoms with Crippen molar-refractivity contribution in [2.75, 3.05) is 25.5 Å². The number of nitrogens with zero attached hydrogens (tertiary/aromatic N) is 3. The molecule has 0 atom stereocenters. The number of anilines is 1. The van der Waals surface area contributed by atoms with E-state index in [0.29, 0.717) is 17.3 Å². The van der Waals surface area contributed by atoms with Crippen LogP contribution in [0, 0.1) is 5.92 Å². The molecule has 1 aromatic carbocycles. The summed E-state index contributed by atoms with van der Waals surface area (Å²) in [5.74, 6) is 0.976. The van der Waals surface area contributed by atoms with Crippen molar-refractivity contribution in [1.82, 2.24) is 20.2 Å². The molecule has 1 fully saturated rings. The van der Waals surface area contributed by atoms with Crippen molar-refractivity contribution in [2.45, 2.75) is 33.1 Å². The first-order valence-corrected chi connectivity index (χ1v) is 11.9. The number of carbonyl (C=O) groups excluding carboxylic acids is 1. The van der Waals surface area contributed by atoms with Crippen molar-refractivity contribution in [1.29, 1.82) is 0 Å². The monoisotopic (exact) mass is 455 g/mol. The van der Waals surface area contributed by atoms with Crippen LogP contribution in [0.3, 0.4) is 0 Å². The minimum atomic E-state index is -0.173. The molecule has 1 saturated heterocycles. The van der Waals surface area contributed by atoms with Crippen LogP contribution in [0.4, 0.5) is 5.82 Å². The number of nitrogens with one attached hydrogen (secondary N) is 2. The van der Waals surface area contributed by atoms with Crippen molar-refractivity contribution < 1.29 is 4.79 Å². The SMILES string of the molecule is C=C(C)N(C)/C(=C\C)c1ccc2cnc(NC(=O)c3ccnc(CC4CCNCC4)c3)cc2c1. The number of benzene rings is 1. The van der Waals surface area contributed by atoms with Crippen molar-refractivity contribution in [2.24, 2.45) is 5.92 Å². The van der Waals surface area contributed by atoms with Gasteiger partial charge < -0.3 is 15.5 Å². The number of hydrogen-bond acceptors (Lipinski definition) is 5. The maximum absolute atomic E-state index is 13.0. The number of pyridine rings is 2. The van der Waals surface area contributed by atoms with Crippen LogP contribution in [0.25, 0.3) is 16.5 Å². The third-order valence-electron chi connectivity index (χ3n) is 6.50.